The zero-order chi connectivity index (χ0) is 16.5. The van der Waals surface area contributed by atoms with Gasteiger partial charge in [-0.25, -0.2) is 9.97 Å². The summed E-state index contributed by atoms with van der Waals surface area (Å²) in [4.78, 5) is 26.4. The van der Waals surface area contributed by atoms with Gasteiger partial charge in [0, 0.05) is 49.8 Å². The van der Waals surface area contributed by atoms with Gasteiger partial charge in [-0.05, 0) is 38.5 Å². The maximum atomic E-state index is 12.7. The molecule has 3 heterocycles. The molecule has 1 N–H and O–H groups in total. The lowest BCUT2D eigenvalue weighted by molar-refractivity contribution is 0.0691. The van der Waals surface area contributed by atoms with Crippen molar-refractivity contribution in [2.24, 2.45) is 5.92 Å². The fourth-order valence-corrected chi connectivity index (χ4v) is 3.83. The summed E-state index contributed by atoms with van der Waals surface area (Å²) in [5.41, 5.74) is 0.919. The molecule has 1 amide bonds. The van der Waals surface area contributed by atoms with Gasteiger partial charge in [0.1, 0.15) is 5.82 Å². The predicted octanol–water partition coefficient (Wildman–Crippen LogP) is 2.73. The van der Waals surface area contributed by atoms with Crippen LogP contribution in [0.1, 0.15) is 60.2 Å². The van der Waals surface area contributed by atoms with E-state index in [1.165, 1.54) is 19.3 Å². The molecule has 1 unspecified atom stereocenters. The average Bonchev–Trinajstić information content (AvgIpc) is 3.19. The van der Waals surface area contributed by atoms with E-state index < -0.39 is 0 Å². The highest BCUT2D eigenvalue weighted by Gasteiger charge is 2.29. The Morgan fingerprint density at radius 2 is 2.17 bits per heavy atom. The lowest BCUT2D eigenvalue weighted by Gasteiger charge is -2.33. The number of nitrogens with zero attached hydrogens (tertiary/aromatic N) is 4. The Hall–Kier alpha value is -2.11. The molecule has 6 nitrogen and oxygen atoms in total. The van der Waals surface area contributed by atoms with E-state index in [9.17, 15) is 4.79 Å². The molecular formula is C18H25N5O. The first-order chi connectivity index (χ1) is 11.7. The molecule has 2 aliphatic rings. The molecule has 0 radical (unpaired) electrons. The molecule has 24 heavy (non-hydrogen) atoms. The molecule has 4 rings (SSSR count). The van der Waals surface area contributed by atoms with Crippen LogP contribution in [0, 0.1) is 12.8 Å². The zero-order valence-electron chi connectivity index (χ0n) is 14.2. The molecule has 1 saturated carbocycles. The van der Waals surface area contributed by atoms with Gasteiger partial charge in [0.25, 0.3) is 5.91 Å². The number of amides is 1. The van der Waals surface area contributed by atoms with Gasteiger partial charge in [-0.15, -0.1) is 0 Å². The van der Waals surface area contributed by atoms with Crippen LogP contribution >= 0.6 is 0 Å². The minimum atomic E-state index is 0.00454. The summed E-state index contributed by atoms with van der Waals surface area (Å²) in [5.74, 6) is 2.74. The normalized spacial score (nSPS) is 21.7. The molecule has 0 spiro atoms. The molecule has 128 valence electrons. The molecule has 1 aliphatic carbocycles. The fraction of sp³-hybridized carbons (Fsp3) is 0.611. The van der Waals surface area contributed by atoms with Gasteiger partial charge in [-0.2, -0.15) is 0 Å². The number of piperidine rings is 1. The highest BCUT2D eigenvalue weighted by Crippen LogP contribution is 2.31. The highest BCUT2D eigenvalue weighted by atomic mass is 16.2. The van der Waals surface area contributed by atoms with Crippen LogP contribution < -0.4 is 0 Å². The van der Waals surface area contributed by atoms with Crippen LogP contribution in [0.4, 0.5) is 0 Å². The van der Waals surface area contributed by atoms with E-state index in [1.807, 2.05) is 18.0 Å². The van der Waals surface area contributed by atoms with E-state index in [0.717, 1.165) is 49.9 Å². The third kappa shape index (κ3) is 2.97. The number of H-pyrrole nitrogens is 1. The number of carbonyl (C=O) groups is 1. The third-order valence-electron chi connectivity index (χ3n) is 5.41. The van der Waals surface area contributed by atoms with Crippen LogP contribution in [0.5, 0.6) is 0 Å². The van der Waals surface area contributed by atoms with Crippen molar-refractivity contribution >= 4 is 5.91 Å². The molecule has 2 aromatic heterocycles. The molecule has 1 aliphatic heterocycles. The molecule has 2 aromatic rings. The number of nitrogens with one attached hydrogen (secondary N) is 1. The highest BCUT2D eigenvalue weighted by molar-refractivity contribution is 5.90. The topological polar surface area (TPSA) is 66.8 Å². The molecule has 2 fully saturated rings. The summed E-state index contributed by atoms with van der Waals surface area (Å²) in [5, 5.41) is 0. The van der Waals surface area contributed by atoms with Gasteiger partial charge < -0.3 is 14.5 Å². The van der Waals surface area contributed by atoms with Gasteiger partial charge in [-0.1, -0.05) is 6.42 Å². The second-order valence-electron chi connectivity index (χ2n) is 7.24. The summed E-state index contributed by atoms with van der Waals surface area (Å²) in [6.45, 7) is 4.54. The van der Waals surface area contributed by atoms with Crippen molar-refractivity contribution in [2.45, 2.75) is 51.5 Å². The quantitative estimate of drug-likeness (QED) is 0.939. The van der Waals surface area contributed by atoms with Crippen molar-refractivity contribution < 1.29 is 4.79 Å². The molecule has 1 atom stereocenters. The van der Waals surface area contributed by atoms with Gasteiger partial charge in [0.05, 0.1) is 0 Å². The number of rotatable bonds is 4. The lowest BCUT2D eigenvalue weighted by atomic mass is 9.85. The number of aryl methyl sites for hydroxylation is 1. The Balaban J connectivity index is 1.47. The molecular weight excluding hydrogens is 302 g/mol. The van der Waals surface area contributed by atoms with Gasteiger partial charge in [0.2, 0.25) is 0 Å². The van der Waals surface area contributed by atoms with Crippen LogP contribution in [-0.4, -0.2) is 43.4 Å². The first-order valence-corrected chi connectivity index (χ1v) is 9.02. The number of likely N-dealkylation sites (tertiary alicyclic amines) is 1. The summed E-state index contributed by atoms with van der Waals surface area (Å²) < 4.78 is 2.32. The van der Waals surface area contributed by atoms with Crippen molar-refractivity contribution in [3.05, 3.63) is 35.9 Å². The van der Waals surface area contributed by atoms with Crippen molar-refractivity contribution in [2.75, 3.05) is 13.1 Å². The van der Waals surface area contributed by atoms with Crippen molar-refractivity contribution in [3.63, 3.8) is 0 Å². The number of aromatic amines is 1. The molecule has 0 bridgehead atoms. The summed E-state index contributed by atoms with van der Waals surface area (Å²) in [6.07, 6.45) is 11.9. The van der Waals surface area contributed by atoms with Gasteiger partial charge in [0.15, 0.2) is 5.82 Å². The smallest absolute Gasteiger partial charge is 0.289 e. The van der Waals surface area contributed by atoms with E-state index in [-0.39, 0.29) is 5.91 Å². The maximum Gasteiger partial charge on any atom is 0.289 e. The maximum absolute atomic E-state index is 12.7. The largest absolute Gasteiger partial charge is 0.338 e. The Morgan fingerprint density at radius 3 is 2.88 bits per heavy atom. The first-order valence-electron chi connectivity index (χ1n) is 9.02. The van der Waals surface area contributed by atoms with Crippen LogP contribution in [0.3, 0.4) is 0 Å². The van der Waals surface area contributed by atoms with E-state index in [0.29, 0.717) is 11.7 Å². The van der Waals surface area contributed by atoms with E-state index in [2.05, 4.69) is 25.7 Å². The van der Waals surface area contributed by atoms with Crippen LogP contribution in [-0.2, 0) is 6.54 Å². The average molecular weight is 327 g/mol. The second kappa shape index (κ2) is 6.42. The van der Waals surface area contributed by atoms with Gasteiger partial charge in [-0.3, -0.25) is 4.79 Å². The molecule has 0 aromatic carbocycles. The number of hydrogen-bond donors (Lipinski definition) is 1. The summed E-state index contributed by atoms with van der Waals surface area (Å²) in [7, 11) is 0. The summed E-state index contributed by atoms with van der Waals surface area (Å²) >= 11 is 0. The van der Waals surface area contributed by atoms with Crippen molar-refractivity contribution in [1.82, 2.24) is 24.4 Å². The number of aromatic nitrogens is 4. The Bertz CT molecular complexity index is 715. The number of carbonyl (C=O) groups excluding carboxylic acids is 1. The summed E-state index contributed by atoms with van der Waals surface area (Å²) in [6, 6.07) is 0. The number of imidazole rings is 2. The standard InChI is InChI=1S/C18H25N5O/c1-13-10-20-16(21-13)18(24)23-8-3-6-15(12-23)17-19-7-9-22(17)11-14-4-2-5-14/h7,9-10,14-15H,2-6,8,11-12H2,1H3,(H,20,21). The van der Waals surface area contributed by atoms with Crippen molar-refractivity contribution in [1.29, 1.82) is 0 Å². The van der Waals surface area contributed by atoms with Crippen molar-refractivity contribution in [3.8, 4) is 0 Å². The Labute approximate surface area is 142 Å². The zero-order valence-corrected chi connectivity index (χ0v) is 14.2. The molecule has 1 saturated heterocycles. The van der Waals surface area contributed by atoms with Crippen LogP contribution in [0.2, 0.25) is 0 Å². The minimum Gasteiger partial charge on any atom is -0.338 e. The van der Waals surface area contributed by atoms with E-state index >= 15 is 0 Å². The fourth-order valence-electron chi connectivity index (χ4n) is 3.83. The monoisotopic (exact) mass is 327 g/mol. The first kappa shape index (κ1) is 15.4. The van der Waals surface area contributed by atoms with E-state index in [4.69, 9.17) is 0 Å². The Kier molecular flexibility index (Phi) is 4.12. The number of hydrogen-bond acceptors (Lipinski definition) is 3. The van der Waals surface area contributed by atoms with Gasteiger partial charge >= 0.3 is 0 Å². The Morgan fingerprint density at radius 1 is 1.29 bits per heavy atom. The lowest BCUT2D eigenvalue weighted by Crippen LogP contribution is -2.40. The molecule has 6 heteroatoms. The van der Waals surface area contributed by atoms with E-state index in [1.54, 1.807) is 6.20 Å². The van der Waals surface area contributed by atoms with Crippen LogP contribution in [0.25, 0.3) is 0 Å². The van der Waals surface area contributed by atoms with Crippen LogP contribution in [0.15, 0.2) is 18.6 Å². The SMILES string of the molecule is Cc1cnc(C(=O)N2CCCC(c3nccn3CC3CCC3)C2)[nH]1. The second-order valence-corrected chi connectivity index (χ2v) is 7.24. The predicted molar refractivity (Wildman–Crippen MR) is 90.8 cm³/mol. The third-order valence-corrected chi connectivity index (χ3v) is 5.41. The minimum absolute atomic E-state index is 0.00454.